The molecule has 1 N–H and O–H groups in total. The molecule has 0 atom stereocenters. The molecular weight excluding hydrogens is 378 g/mol. The number of fused-ring (bicyclic) bond motifs is 2. The minimum atomic E-state index is -0.350. The van der Waals surface area contributed by atoms with Crippen molar-refractivity contribution in [3.05, 3.63) is 83.6 Å². The van der Waals surface area contributed by atoms with E-state index in [4.69, 9.17) is 9.47 Å². The second-order valence-corrected chi connectivity index (χ2v) is 7.16. The number of allylic oxidation sites excluding steroid dienone is 1. The summed E-state index contributed by atoms with van der Waals surface area (Å²) in [5.41, 5.74) is 4.12. The number of aryl methyl sites for hydroxylation is 1. The van der Waals surface area contributed by atoms with Gasteiger partial charge in [-0.2, -0.15) is 0 Å². The molecule has 1 aliphatic heterocycles. The van der Waals surface area contributed by atoms with Gasteiger partial charge < -0.3 is 19.1 Å². The number of phenolic OH excluding ortho intramolecular Hbond substituents is 1. The Balaban J connectivity index is 1.72. The first-order valence-corrected chi connectivity index (χ1v) is 9.56. The second-order valence-electron chi connectivity index (χ2n) is 7.16. The highest BCUT2D eigenvalue weighted by atomic mass is 16.5. The van der Waals surface area contributed by atoms with Gasteiger partial charge in [0.1, 0.15) is 22.8 Å². The van der Waals surface area contributed by atoms with Crippen molar-refractivity contribution in [2.75, 3.05) is 7.11 Å². The summed E-state index contributed by atoms with van der Waals surface area (Å²) in [6, 6.07) is 21.1. The van der Waals surface area contributed by atoms with Crippen molar-refractivity contribution in [2.45, 2.75) is 0 Å². The number of methoxy groups -OCH3 is 1. The fourth-order valence-corrected chi connectivity index (χ4v) is 4.03. The summed E-state index contributed by atoms with van der Waals surface area (Å²) < 4.78 is 13.1. The van der Waals surface area contributed by atoms with Crippen LogP contribution in [0.25, 0.3) is 28.2 Å². The zero-order valence-corrected chi connectivity index (χ0v) is 16.5. The van der Waals surface area contributed by atoms with Crippen molar-refractivity contribution in [2.24, 2.45) is 7.05 Å². The number of benzene rings is 3. The van der Waals surface area contributed by atoms with Crippen molar-refractivity contribution in [1.29, 1.82) is 0 Å². The molecule has 0 bridgehead atoms. The van der Waals surface area contributed by atoms with Crippen LogP contribution in [-0.4, -0.2) is 22.6 Å². The van der Waals surface area contributed by atoms with Gasteiger partial charge in [-0.25, -0.2) is 0 Å². The molecule has 0 radical (unpaired) electrons. The number of Topliss-reactive ketones (excluding diaryl/α,β-unsaturated/α-hetero) is 1. The van der Waals surface area contributed by atoms with Crippen molar-refractivity contribution in [1.82, 2.24) is 4.57 Å². The van der Waals surface area contributed by atoms with Gasteiger partial charge in [-0.05, 0) is 17.7 Å². The molecule has 5 heteroatoms. The minimum absolute atomic E-state index is 0.154. The second kappa shape index (κ2) is 6.81. The van der Waals surface area contributed by atoms with Gasteiger partial charge in [0.2, 0.25) is 5.78 Å². The number of carbonyl (C=O) groups excluding carboxylic acids is 1. The first-order valence-electron chi connectivity index (χ1n) is 9.56. The average Bonchev–Trinajstić information content (AvgIpc) is 3.23. The Morgan fingerprint density at radius 2 is 1.77 bits per heavy atom. The first kappa shape index (κ1) is 18.1. The topological polar surface area (TPSA) is 60.7 Å². The Morgan fingerprint density at radius 3 is 2.53 bits per heavy atom. The summed E-state index contributed by atoms with van der Waals surface area (Å²) in [5.74, 6) is 0.387. The maximum Gasteiger partial charge on any atom is 0.235 e. The highest BCUT2D eigenvalue weighted by Crippen LogP contribution is 2.42. The number of phenols is 1. The summed E-state index contributed by atoms with van der Waals surface area (Å²) in [4.78, 5) is 13.0. The number of ketones is 1. The Bertz CT molecular complexity index is 1330. The molecule has 0 aliphatic carbocycles. The number of nitrogens with zero attached hydrogens (tertiary/aromatic N) is 1. The molecule has 0 saturated heterocycles. The van der Waals surface area contributed by atoms with E-state index in [0.717, 1.165) is 27.7 Å². The van der Waals surface area contributed by atoms with E-state index < -0.39 is 0 Å². The van der Waals surface area contributed by atoms with Gasteiger partial charge in [0, 0.05) is 35.6 Å². The molecule has 5 nitrogen and oxygen atoms in total. The molecule has 0 fully saturated rings. The molecule has 0 amide bonds. The van der Waals surface area contributed by atoms with Crippen LogP contribution in [-0.2, 0) is 7.05 Å². The van der Waals surface area contributed by atoms with Crippen LogP contribution < -0.4 is 9.47 Å². The molecule has 2 heterocycles. The van der Waals surface area contributed by atoms with Crippen molar-refractivity contribution >= 4 is 22.8 Å². The highest BCUT2D eigenvalue weighted by molar-refractivity contribution is 6.17. The van der Waals surface area contributed by atoms with Crippen molar-refractivity contribution in [3.63, 3.8) is 0 Å². The average molecular weight is 397 g/mol. The van der Waals surface area contributed by atoms with Gasteiger partial charge in [0.05, 0.1) is 12.8 Å². The van der Waals surface area contributed by atoms with Crippen LogP contribution in [0.15, 0.2) is 72.5 Å². The van der Waals surface area contributed by atoms with Crippen LogP contribution >= 0.6 is 0 Å². The lowest BCUT2D eigenvalue weighted by Gasteiger charge is -2.07. The lowest BCUT2D eigenvalue weighted by atomic mass is 10.0. The predicted octanol–water partition coefficient (Wildman–Crippen LogP) is 5.18. The molecule has 0 unspecified atom stereocenters. The smallest absolute Gasteiger partial charge is 0.235 e. The molecule has 3 aromatic carbocycles. The molecule has 1 aromatic heterocycles. The third-order valence-corrected chi connectivity index (χ3v) is 5.43. The highest BCUT2D eigenvalue weighted by Gasteiger charge is 2.32. The van der Waals surface area contributed by atoms with Gasteiger partial charge in [0.25, 0.3) is 0 Å². The zero-order valence-electron chi connectivity index (χ0n) is 16.5. The maximum absolute atomic E-state index is 13.0. The molecule has 5 rings (SSSR count). The number of hydrogen-bond acceptors (Lipinski definition) is 4. The molecule has 30 heavy (non-hydrogen) atoms. The Morgan fingerprint density at radius 1 is 1.03 bits per heavy atom. The van der Waals surface area contributed by atoms with Crippen molar-refractivity contribution in [3.8, 4) is 28.5 Å². The Kier molecular flexibility index (Phi) is 4.10. The molecular formula is C25H19NO4. The monoisotopic (exact) mass is 397 g/mol. The number of para-hydroxylation sites is 1. The SMILES string of the molecule is COc1cc(O)c2c(c1)O/C(=C\c1c(-c3ccccc3)n(C)c3ccccc13)C2=O. The molecule has 0 saturated carbocycles. The maximum atomic E-state index is 13.0. The normalized spacial score (nSPS) is 14.2. The fourth-order valence-electron chi connectivity index (χ4n) is 4.03. The van der Waals surface area contributed by atoms with Gasteiger partial charge in [-0.3, -0.25) is 4.79 Å². The standard InChI is InChI=1S/C25H19NO4/c1-26-19-11-7-6-10-17(19)18(24(26)15-8-4-3-5-9-15)14-22-25(28)23-20(27)12-16(29-2)13-21(23)30-22/h3-14,27H,1-2H3/b22-14-. The summed E-state index contributed by atoms with van der Waals surface area (Å²) in [7, 11) is 3.51. The quantitative estimate of drug-likeness (QED) is 0.484. The number of aromatic nitrogens is 1. The van der Waals surface area contributed by atoms with Gasteiger partial charge in [-0.1, -0.05) is 48.5 Å². The third kappa shape index (κ3) is 2.67. The van der Waals surface area contributed by atoms with Crippen LogP contribution in [0.3, 0.4) is 0 Å². The van der Waals surface area contributed by atoms with Crippen LogP contribution in [0.5, 0.6) is 17.2 Å². The van der Waals surface area contributed by atoms with E-state index in [9.17, 15) is 9.90 Å². The first-order chi connectivity index (χ1) is 14.6. The third-order valence-electron chi connectivity index (χ3n) is 5.43. The molecule has 148 valence electrons. The number of hydrogen-bond donors (Lipinski definition) is 1. The van der Waals surface area contributed by atoms with Crippen LogP contribution in [0.1, 0.15) is 15.9 Å². The summed E-state index contributed by atoms with van der Waals surface area (Å²) in [6.45, 7) is 0. The number of rotatable bonds is 3. The molecule has 0 spiro atoms. The van der Waals surface area contributed by atoms with Crippen LogP contribution in [0.2, 0.25) is 0 Å². The van der Waals surface area contributed by atoms with Gasteiger partial charge in [-0.15, -0.1) is 0 Å². The summed E-state index contributed by atoms with van der Waals surface area (Å²) in [5, 5.41) is 11.3. The summed E-state index contributed by atoms with van der Waals surface area (Å²) >= 11 is 0. The minimum Gasteiger partial charge on any atom is -0.507 e. The largest absolute Gasteiger partial charge is 0.507 e. The fraction of sp³-hybridized carbons (Fsp3) is 0.0800. The number of carbonyl (C=O) groups is 1. The van der Waals surface area contributed by atoms with E-state index in [2.05, 4.69) is 4.57 Å². The predicted molar refractivity (Wildman–Crippen MR) is 116 cm³/mol. The van der Waals surface area contributed by atoms with Crippen LogP contribution in [0.4, 0.5) is 0 Å². The van der Waals surface area contributed by atoms with Gasteiger partial charge in [0.15, 0.2) is 5.76 Å². The summed E-state index contributed by atoms with van der Waals surface area (Å²) in [6.07, 6.45) is 1.76. The van der Waals surface area contributed by atoms with Crippen molar-refractivity contribution < 1.29 is 19.4 Å². The molecule has 1 aliphatic rings. The van der Waals surface area contributed by atoms with Crippen LogP contribution in [0, 0.1) is 0 Å². The number of ether oxygens (including phenoxy) is 2. The van der Waals surface area contributed by atoms with E-state index in [0.29, 0.717) is 11.5 Å². The van der Waals surface area contributed by atoms with E-state index in [1.807, 2.05) is 61.6 Å². The Hall–Kier alpha value is -3.99. The van der Waals surface area contributed by atoms with E-state index in [1.165, 1.54) is 13.2 Å². The lowest BCUT2D eigenvalue weighted by Crippen LogP contribution is -1.99. The van der Waals surface area contributed by atoms with E-state index in [1.54, 1.807) is 12.1 Å². The number of aromatic hydroxyl groups is 1. The Labute approximate surface area is 173 Å². The zero-order chi connectivity index (χ0) is 20.8. The van der Waals surface area contributed by atoms with Gasteiger partial charge >= 0.3 is 0 Å². The van der Waals surface area contributed by atoms with E-state index in [-0.39, 0.29) is 22.9 Å². The molecule has 4 aromatic rings. The lowest BCUT2D eigenvalue weighted by molar-refractivity contribution is 0.101. The van der Waals surface area contributed by atoms with E-state index >= 15 is 0 Å².